The van der Waals surface area contributed by atoms with Crippen molar-refractivity contribution in [1.29, 1.82) is 5.41 Å². The first kappa shape index (κ1) is 25.1. The lowest BCUT2D eigenvalue weighted by molar-refractivity contribution is 0.293. The fraction of sp³-hybridized carbons (Fsp3) is 0.500. The van der Waals surface area contributed by atoms with Crippen molar-refractivity contribution in [3.63, 3.8) is 0 Å². The van der Waals surface area contributed by atoms with Gasteiger partial charge in [0.15, 0.2) is 0 Å². The van der Waals surface area contributed by atoms with Gasteiger partial charge in [-0.15, -0.1) is 0 Å². The second-order valence-electron chi connectivity index (χ2n) is 3.12. The monoisotopic (exact) mass is 318 g/mol. The third-order valence-corrected chi connectivity index (χ3v) is 1.32. The number of aliphatic hydroxyl groups is 3. The first-order valence-electron chi connectivity index (χ1n) is 6.27. The molecule has 10 heteroatoms. The number of nitrogens with zero attached hydrogens (tertiary/aromatic N) is 2. The van der Waals surface area contributed by atoms with Crippen LogP contribution in [-0.2, 0) is 0 Å². The Morgan fingerprint density at radius 2 is 1.91 bits per heavy atom. The van der Waals surface area contributed by atoms with E-state index >= 15 is 0 Å². The minimum absolute atomic E-state index is 0.00583. The van der Waals surface area contributed by atoms with Crippen molar-refractivity contribution in [2.24, 2.45) is 16.6 Å². The lowest BCUT2D eigenvalue weighted by Gasteiger charge is -1.84. The van der Waals surface area contributed by atoms with Gasteiger partial charge in [-0.05, 0) is 12.1 Å². The summed E-state index contributed by atoms with van der Waals surface area (Å²) < 4.78 is 0. The van der Waals surface area contributed by atoms with Crippen LogP contribution in [0.3, 0.4) is 0 Å². The van der Waals surface area contributed by atoms with Gasteiger partial charge in [-0.2, -0.15) is 0 Å². The van der Waals surface area contributed by atoms with E-state index in [0.29, 0.717) is 19.6 Å². The van der Waals surface area contributed by atoms with Crippen LogP contribution in [0.5, 0.6) is 5.75 Å². The Balaban J connectivity index is -0.000000224. The number of hydrogen-bond acceptors (Lipinski definition) is 10. The maximum Gasteiger partial charge on any atom is 0.133 e. The minimum atomic E-state index is 0.00583. The average Bonchev–Trinajstić information content (AvgIpc) is 2.56. The van der Waals surface area contributed by atoms with Crippen LogP contribution in [0.15, 0.2) is 29.5 Å². The zero-order valence-electron chi connectivity index (χ0n) is 12.4. The van der Waals surface area contributed by atoms with Crippen LogP contribution in [0.4, 0.5) is 0 Å². The van der Waals surface area contributed by atoms with E-state index in [0.717, 1.165) is 0 Å². The normalized spacial score (nSPS) is 7.86. The fourth-order valence-corrected chi connectivity index (χ4v) is 0.524. The summed E-state index contributed by atoms with van der Waals surface area (Å²) in [6.07, 6.45) is 3.00. The SMILES string of the molecule is N=C=NCCO.NCCO.NNCCO.Oc1cccnc1. The van der Waals surface area contributed by atoms with Crippen molar-refractivity contribution < 1.29 is 20.4 Å². The third kappa shape index (κ3) is 36.1. The largest absolute Gasteiger partial charge is 0.506 e. The summed E-state index contributed by atoms with van der Waals surface area (Å²) in [5.41, 5.74) is 7.05. The van der Waals surface area contributed by atoms with E-state index in [1.54, 1.807) is 24.3 Å². The number of rotatable bonds is 5. The van der Waals surface area contributed by atoms with Crippen LogP contribution < -0.4 is 17.0 Å². The molecule has 0 atom stereocenters. The molecule has 128 valence electrons. The lowest BCUT2D eigenvalue weighted by atomic mass is 10.5. The van der Waals surface area contributed by atoms with Gasteiger partial charge in [0.2, 0.25) is 0 Å². The van der Waals surface area contributed by atoms with E-state index in [-0.39, 0.29) is 25.6 Å². The van der Waals surface area contributed by atoms with Crippen LogP contribution in [-0.4, -0.2) is 70.9 Å². The molecular weight excluding hydrogens is 292 g/mol. The summed E-state index contributed by atoms with van der Waals surface area (Å²) in [4.78, 5) is 6.89. The topological polar surface area (TPSA) is 194 Å². The zero-order valence-corrected chi connectivity index (χ0v) is 12.4. The van der Waals surface area contributed by atoms with E-state index in [1.807, 2.05) is 0 Å². The molecule has 1 aromatic rings. The molecule has 22 heavy (non-hydrogen) atoms. The van der Waals surface area contributed by atoms with E-state index in [2.05, 4.69) is 15.4 Å². The number of nitrogens with two attached hydrogens (primary N) is 2. The van der Waals surface area contributed by atoms with Crippen molar-refractivity contribution >= 4 is 6.01 Å². The second kappa shape index (κ2) is 27.4. The number of aliphatic imine (C=N–C) groups is 1. The molecule has 1 rings (SSSR count). The number of aliphatic hydroxyl groups excluding tert-OH is 3. The number of aromatic hydroxyl groups is 1. The molecule has 0 spiro atoms. The standard InChI is InChI=1S/C5H5NO.C3H6N2O.C2H8N2O.C2H7NO/c7-5-2-1-3-6-4-5;4-3-5-1-2-6;3-4-1-2-5;3-1-2-4/h1-4,7H;4,6H,1-2H2;4-5H,1-3H2;4H,1-3H2. The first-order chi connectivity index (χ1) is 10.6. The van der Waals surface area contributed by atoms with Gasteiger partial charge in [-0.25, -0.2) is 10.4 Å². The lowest BCUT2D eigenvalue weighted by Crippen LogP contribution is -2.24. The summed E-state index contributed by atoms with van der Waals surface area (Å²) in [6.45, 7) is 1.35. The first-order valence-corrected chi connectivity index (χ1v) is 6.27. The number of pyridine rings is 1. The van der Waals surface area contributed by atoms with Gasteiger partial charge in [0, 0.05) is 19.3 Å². The molecular formula is C12H26N6O4. The van der Waals surface area contributed by atoms with E-state index in [9.17, 15) is 0 Å². The second-order valence-corrected chi connectivity index (χ2v) is 3.12. The molecule has 0 bridgehead atoms. The molecule has 1 aromatic heterocycles. The summed E-state index contributed by atoms with van der Waals surface area (Å²) in [5, 5.41) is 38.4. The zero-order chi connectivity index (χ0) is 17.5. The van der Waals surface area contributed by atoms with Gasteiger partial charge in [0.1, 0.15) is 5.75 Å². The van der Waals surface area contributed by atoms with Crippen molar-refractivity contribution in [2.45, 2.75) is 0 Å². The summed E-state index contributed by atoms with van der Waals surface area (Å²) in [5.74, 6) is 4.94. The number of aromatic nitrogens is 1. The van der Waals surface area contributed by atoms with Gasteiger partial charge in [0.25, 0.3) is 0 Å². The molecule has 0 amide bonds. The highest BCUT2D eigenvalue weighted by molar-refractivity contribution is 5.35. The number of hydrazine groups is 1. The Morgan fingerprint density at radius 3 is 2.05 bits per heavy atom. The predicted molar refractivity (Wildman–Crippen MR) is 83.4 cm³/mol. The van der Waals surface area contributed by atoms with Crippen molar-refractivity contribution in [3.05, 3.63) is 24.5 Å². The van der Waals surface area contributed by atoms with Crippen LogP contribution in [0.25, 0.3) is 0 Å². The number of nitrogens with one attached hydrogen (secondary N) is 2. The maximum absolute atomic E-state index is 8.57. The van der Waals surface area contributed by atoms with Crippen LogP contribution >= 0.6 is 0 Å². The van der Waals surface area contributed by atoms with Gasteiger partial charge in [0.05, 0.1) is 38.6 Å². The highest BCUT2D eigenvalue weighted by Crippen LogP contribution is 1.99. The molecule has 0 saturated heterocycles. The molecule has 0 fully saturated rings. The third-order valence-electron chi connectivity index (χ3n) is 1.32. The fourth-order valence-electron chi connectivity index (χ4n) is 0.524. The smallest absolute Gasteiger partial charge is 0.133 e. The highest BCUT2D eigenvalue weighted by atomic mass is 16.3. The Hall–Kier alpha value is -1.91. The quantitative estimate of drug-likeness (QED) is 0.172. The van der Waals surface area contributed by atoms with Gasteiger partial charge in [-0.1, -0.05) is 0 Å². The van der Waals surface area contributed by atoms with Gasteiger partial charge < -0.3 is 26.2 Å². The molecule has 0 unspecified atom stereocenters. The average molecular weight is 318 g/mol. The summed E-state index contributed by atoms with van der Waals surface area (Å²) >= 11 is 0. The highest BCUT2D eigenvalue weighted by Gasteiger charge is 1.76. The molecule has 1 heterocycles. The number of hydrogen-bond donors (Lipinski definition) is 8. The Morgan fingerprint density at radius 1 is 1.27 bits per heavy atom. The van der Waals surface area contributed by atoms with Gasteiger partial charge in [-0.3, -0.25) is 16.3 Å². The summed E-state index contributed by atoms with van der Waals surface area (Å²) in [6, 6.07) is 5.04. The molecule has 0 radical (unpaired) electrons. The van der Waals surface area contributed by atoms with Crippen LogP contribution in [0.2, 0.25) is 0 Å². The van der Waals surface area contributed by atoms with Crippen molar-refractivity contribution in [3.8, 4) is 5.75 Å². The maximum atomic E-state index is 8.57. The molecule has 0 aliphatic carbocycles. The Labute approximate surface area is 129 Å². The summed E-state index contributed by atoms with van der Waals surface area (Å²) in [7, 11) is 0. The van der Waals surface area contributed by atoms with Crippen molar-refractivity contribution in [2.75, 3.05) is 39.5 Å². The predicted octanol–water partition coefficient (Wildman–Crippen LogP) is -2.10. The Bertz CT molecular complexity index is 332. The van der Waals surface area contributed by atoms with E-state index < -0.39 is 0 Å². The molecule has 0 aliphatic heterocycles. The Kier molecular flexibility index (Phi) is 31.3. The van der Waals surface area contributed by atoms with Crippen LogP contribution in [0.1, 0.15) is 0 Å². The minimum Gasteiger partial charge on any atom is -0.506 e. The van der Waals surface area contributed by atoms with Gasteiger partial charge >= 0.3 is 0 Å². The molecule has 10 N–H and O–H groups in total. The molecule has 0 aliphatic rings. The molecule has 0 saturated carbocycles. The van der Waals surface area contributed by atoms with Crippen molar-refractivity contribution in [1.82, 2.24) is 10.4 Å². The molecule has 0 aromatic carbocycles. The van der Waals surface area contributed by atoms with E-state index in [4.69, 9.17) is 37.4 Å². The molecule has 10 nitrogen and oxygen atoms in total. The van der Waals surface area contributed by atoms with Crippen LogP contribution in [0, 0.1) is 5.41 Å². The van der Waals surface area contributed by atoms with E-state index in [1.165, 1.54) is 6.20 Å².